The molecule has 172 valence electrons. The summed E-state index contributed by atoms with van der Waals surface area (Å²) < 4.78 is 11.2. The van der Waals surface area contributed by atoms with Crippen LogP contribution in [0.4, 0.5) is 5.69 Å². The van der Waals surface area contributed by atoms with Gasteiger partial charge in [-0.15, -0.1) is 5.10 Å². The number of nitrogens with one attached hydrogen (secondary N) is 1. The molecule has 2 aliphatic rings. The van der Waals surface area contributed by atoms with Crippen LogP contribution in [-0.4, -0.2) is 48.2 Å². The standard InChI is InChI=1S/C23H24N4O5S/c1-14-9-10-18-17(13-14)23(27(16(3)29)25-22(33-23)24-15(2)28)21(30)26(18)11-12-32-20-8-6-5-7-19(20)31-4/h5-10,13H,11-12H2,1-4H3,(H,24,25,28)/t23-/m1/s1. The maximum Gasteiger partial charge on any atom is 0.270 e. The topological polar surface area (TPSA) is 101 Å². The molecule has 10 heteroatoms. The molecule has 0 radical (unpaired) electrons. The first-order valence-corrected chi connectivity index (χ1v) is 11.1. The fraction of sp³-hybridized carbons (Fsp3) is 0.304. The van der Waals surface area contributed by atoms with Crippen molar-refractivity contribution in [1.82, 2.24) is 10.3 Å². The SMILES string of the molecule is COc1ccccc1OCCN1C(=O)[C@]2(SC(NC(C)=O)=NN2C(C)=O)c2cc(C)ccc21. The molecule has 3 amide bonds. The lowest BCUT2D eigenvalue weighted by Crippen LogP contribution is -2.49. The molecular weight excluding hydrogens is 444 g/mol. The summed E-state index contributed by atoms with van der Waals surface area (Å²) >= 11 is 1.06. The van der Waals surface area contributed by atoms with E-state index in [4.69, 9.17) is 9.47 Å². The monoisotopic (exact) mass is 468 g/mol. The van der Waals surface area contributed by atoms with E-state index in [2.05, 4.69) is 10.4 Å². The molecule has 1 spiro atoms. The Morgan fingerprint density at radius 3 is 2.55 bits per heavy atom. The van der Waals surface area contributed by atoms with Crippen molar-refractivity contribution >= 4 is 40.3 Å². The Morgan fingerprint density at radius 2 is 1.88 bits per heavy atom. The lowest BCUT2D eigenvalue weighted by Gasteiger charge is -2.29. The lowest BCUT2D eigenvalue weighted by atomic mass is 10.0. The minimum Gasteiger partial charge on any atom is -0.493 e. The van der Waals surface area contributed by atoms with Crippen molar-refractivity contribution in [3.8, 4) is 11.5 Å². The van der Waals surface area contributed by atoms with Crippen molar-refractivity contribution in [2.24, 2.45) is 5.10 Å². The molecule has 1 N–H and O–H groups in total. The molecule has 33 heavy (non-hydrogen) atoms. The number of rotatable bonds is 5. The highest BCUT2D eigenvalue weighted by Gasteiger charge is 2.61. The van der Waals surface area contributed by atoms with Crippen LogP contribution < -0.4 is 19.7 Å². The second kappa shape index (κ2) is 8.78. The van der Waals surface area contributed by atoms with E-state index < -0.39 is 10.8 Å². The fourth-order valence-electron chi connectivity index (χ4n) is 3.93. The van der Waals surface area contributed by atoms with E-state index in [9.17, 15) is 14.4 Å². The van der Waals surface area contributed by atoms with E-state index >= 15 is 0 Å². The van der Waals surface area contributed by atoms with E-state index in [-0.39, 0.29) is 30.1 Å². The summed E-state index contributed by atoms with van der Waals surface area (Å²) in [7, 11) is 1.56. The van der Waals surface area contributed by atoms with Crippen molar-refractivity contribution in [1.29, 1.82) is 0 Å². The Kier molecular flexibility index (Phi) is 6.03. The summed E-state index contributed by atoms with van der Waals surface area (Å²) in [4.78, 5) is 38.2. The minimum absolute atomic E-state index is 0.200. The zero-order valence-corrected chi connectivity index (χ0v) is 19.6. The van der Waals surface area contributed by atoms with Crippen molar-refractivity contribution < 1.29 is 23.9 Å². The molecule has 0 aromatic heterocycles. The van der Waals surface area contributed by atoms with Crippen molar-refractivity contribution in [3.05, 3.63) is 53.6 Å². The third-order valence-electron chi connectivity index (χ3n) is 5.30. The van der Waals surface area contributed by atoms with Crippen LogP contribution >= 0.6 is 11.8 Å². The van der Waals surface area contributed by atoms with Crippen LogP contribution in [0.2, 0.25) is 0 Å². The summed E-state index contributed by atoms with van der Waals surface area (Å²) in [5, 5.41) is 8.23. The van der Waals surface area contributed by atoms with Gasteiger partial charge in [-0.1, -0.05) is 29.8 Å². The molecule has 0 saturated carbocycles. The van der Waals surface area contributed by atoms with Crippen LogP contribution in [0.1, 0.15) is 25.0 Å². The van der Waals surface area contributed by atoms with Gasteiger partial charge in [0.05, 0.1) is 19.3 Å². The van der Waals surface area contributed by atoms with Crippen LogP contribution in [-0.2, 0) is 19.3 Å². The van der Waals surface area contributed by atoms with Crippen molar-refractivity contribution in [2.75, 3.05) is 25.2 Å². The maximum atomic E-state index is 13.9. The number of methoxy groups -OCH3 is 1. The van der Waals surface area contributed by atoms with Gasteiger partial charge < -0.3 is 19.7 Å². The van der Waals surface area contributed by atoms with Gasteiger partial charge in [0.1, 0.15) is 6.61 Å². The first kappa shape index (κ1) is 22.7. The summed E-state index contributed by atoms with van der Waals surface area (Å²) in [6, 6.07) is 12.9. The van der Waals surface area contributed by atoms with Crippen LogP contribution in [0.5, 0.6) is 11.5 Å². The Labute approximate surface area is 195 Å². The minimum atomic E-state index is -1.42. The normalized spacial score (nSPS) is 18.9. The number of hydrogen-bond donors (Lipinski definition) is 1. The largest absolute Gasteiger partial charge is 0.493 e. The van der Waals surface area contributed by atoms with E-state index in [1.807, 2.05) is 37.3 Å². The zero-order chi connectivity index (χ0) is 23.8. The number of amides is 3. The third-order valence-corrected chi connectivity index (χ3v) is 6.54. The van der Waals surface area contributed by atoms with E-state index in [1.165, 1.54) is 13.8 Å². The molecule has 2 heterocycles. The summed E-state index contributed by atoms with van der Waals surface area (Å²) in [6.45, 7) is 5.07. The molecule has 2 aromatic carbocycles. The number of thioether (sulfide) groups is 1. The number of carbonyl (C=O) groups is 3. The van der Waals surface area contributed by atoms with Crippen LogP contribution in [0.3, 0.4) is 0 Å². The van der Waals surface area contributed by atoms with Gasteiger partial charge in [0, 0.05) is 19.4 Å². The molecular formula is C23H24N4O5S. The summed E-state index contributed by atoms with van der Waals surface area (Å²) in [5.74, 6) is 0.105. The molecule has 9 nitrogen and oxygen atoms in total. The lowest BCUT2D eigenvalue weighted by molar-refractivity contribution is -0.139. The van der Waals surface area contributed by atoms with Crippen molar-refractivity contribution in [2.45, 2.75) is 25.6 Å². The Balaban J connectivity index is 1.66. The van der Waals surface area contributed by atoms with Gasteiger partial charge in [-0.3, -0.25) is 14.4 Å². The predicted octanol–water partition coefficient (Wildman–Crippen LogP) is 2.58. The first-order chi connectivity index (χ1) is 15.8. The summed E-state index contributed by atoms with van der Waals surface area (Å²) in [6.07, 6.45) is 0. The van der Waals surface area contributed by atoms with Gasteiger partial charge in [-0.2, -0.15) is 5.01 Å². The Bertz CT molecular complexity index is 1170. The number of aryl methyl sites for hydroxylation is 1. The molecule has 0 fully saturated rings. The highest BCUT2D eigenvalue weighted by atomic mass is 32.2. The third kappa shape index (κ3) is 3.91. The van der Waals surface area contributed by atoms with Gasteiger partial charge >= 0.3 is 0 Å². The number of anilines is 1. The number of para-hydroxylation sites is 2. The second-order valence-corrected chi connectivity index (χ2v) is 8.82. The van der Waals surface area contributed by atoms with Gasteiger partial charge in [0.25, 0.3) is 5.91 Å². The zero-order valence-electron chi connectivity index (χ0n) is 18.7. The summed E-state index contributed by atoms with van der Waals surface area (Å²) in [5.41, 5.74) is 2.26. The highest BCUT2D eigenvalue weighted by Crippen LogP contribution is 2.54. The molecule has 4 rings (SSSR count). The van der Waals surface area contributed by atoms with Crippen LogP contribution in [0.15, 0.2) is 47.6 Å². The van der Waals surface area contributed by atoms with E-state index in [0.717, 1.165) is 22.3 Å². The molecule has 0 unspecified atom stereocenters. The average Bonchev–Trinajstić information content (AvgIpc) is 3.26. The Hall–Kier alpha value is -3.53. The van der Waals surface area contributed by atoms with E-state index in [1.54, 1.807) is 24.1 Å². The van der Waals surface area contributed by atoms with Gasteiger partial charge in [0.2, 0.25) is 16.7 Å². The number of fused-ring (bicyclic) bond motifs is 2. The Morgan fingerprint density at radius 1 is 1.15 bits per heavy atom. The molecule has 0 bridgehead atoms. The van der Waals surface area contributed by atoms with Crippen LogP contribution in [0.25, 0.3) is 0 Å². The molecule has 2 aliphatic heterocycles. The number of hydrogen-bond acceptors (Lipinski definition) is 7. The highest BCUT2D eigenvalue weighted by molar-refractivity contribution is 8.15. The predicted molar refractivity (Wildman–Crippen MR) is 125 cm³/mol. The smallest absolute Gasteiger partial charge is 0.270 e. The van der Waals surface area contributed by atoms with Crippen molar-refractivity contribution in [3.63, 3.8) is 0 Å². The average molecular weight is 469 g/mol. The number of amidine groups is 1. The van der Waals surface area contributed by atoms with Crippen LogP contribution in [0, 0.1) is 6.92 Å². The molecule has 1 atom stereocenters. The maximum absolute atomic E-state index is 13.9. The number of ether oxygens (including phenoxy) is 2. The first-order valence-electron chi connectivity index (χ1n) is 10.3. The van der Waals surface area contributed by atoms with Gasteiger partial charge in [-0.05, 0) is 36.9 Å². The quantitative estimate of drug-likeness (QED) is 0.724. The molecule has 0 saturated heterocycles. The number of carbonyl (C=O) groups excluding carboxylic acids is 3. The fourth-order valence-corrected chi connectivity index (χ4v) is 5.26. The number of benzene rings is 2. The molecule has 2 aromatic rings. The van der Waals surface area contributed by atoms with Gasteiger partial charge in [-0.25, -0.2) is 0 Å². The van der Waals surface area contributed by atoms with Gasteiger partial charge in [0.15, 0.2) is 16.7 Å². The second-order valence-electron chi connectivity index (χ2n) is 7.64. The number of nitrogens with zero attached hydrogens (tertiary/aromatic N) is 3. The van der Waals surface area contributed by atoms with E-state index in [0.29, 0.717) is 22.7 Å². The molecule has 0 aliphatic carbocycles. The number of hydrazone groups is 1.